The average Bonchev–Trinajstić information content (AvgIpc) is 3.36. The van der Waals surface area contributed by atoms with Crippen LogP contribution in [0, 0.1) is 52.3 Å². The van der Waals surface area contributed by atoms with Gasteiger partial charge in [0.2, 0.25) is 0 Å². The molecule has 4 heteroatoms. The van der Waals surface area contributed by atoms with Crippen molar-refractivity contribution in [3.63, 3.8) is 0 Å². The van der Waals surface area contributed by atoms with E-state index in [1.165, 1.54) is 57.8 Å². The van der Waals surface area contributed by atoms with Gasteiger partial charge in [0.05, 0.1) is 6.61 Å². The fourth-order valence-electron chi connectivity index (χ4n) is 10.7. The summed E-state index contributed by atoms with van der Waals surface area (Å²) in [6.45, 7) is 17.8. The van der Waals surface area contributed by atoms with Crippen LogP contribution in [0.5, 0.6) is 5.75 Å². The van der Waals surface area contributed by atoms with E-state index in [2.05, 4.69) is 53.8 Å². The van der Waals surface area contributed by atoms with Gasteiger partial charge in [0.25, 0.3) is 0 Å². The summed E-state index contributed by atoms with van der Waals surface area (Å²) in [5.41, 5.74) is 3.29. The normalized spacial score (nSPS) is 34.1. The molecule has 0 aromatic heterocycles. The number of fused-ring (bicyclic) bond motifs is 5. The molecule has 1 aromatic carbocycles. The lowest BCUT2D eigenvalue weighted by molar-refractivity contribution is -0.0519. The Morgan fingerprint density at radius 2 is 1.70 bits per heavy atom. The van der Waals surface area contributed by atoms with Crippen LogP contribution in [-0.4, -0.2) is 27.8 Å². The Bertz CT molecular complexity index is 1150. The second-order valence-electron chi connectivity index (χ2n) is 17.0. The standard InChI is InChI=1S/C40H64O3Si/c1-28(2)11-9-12-29(3)35-19-20-36-34-18-15-32-27-31(21-23-39(32,4)37(34)22-24-40(35,36)5)38(41)30-13-16-33(17-14-30)43-25-10-26-44(7,8)42-6/h13-17,28-29,31,34-37H,9-12,18-27H2,1-8H3/t29?,31?,34?,35?,36?,37?,39-,40+/m0/s1. The Labute approximate surface area is 271 Å². The Kier molecular flexibility index (Phi) is 10.6. The molecule has 0 spiro atoms. The molecule has 1 aromatic rings. The van der Waals surface area contributed by atoms with Crippen LogP contribution in [0.2, 0.25) is 19.1 Å². The van der Waals surface area contributed by atoms with Crippen molar-refractivity contribution in [2.45, 2.75) is 131 Å². The van der Waals surface area contributed by atoms with Gasteiger partial charge in [0.1, 0.15) is 5.75 Å². The van der Waals surface area contributed by atoms with E-state index in [-0.39, 0.29) is 5.92 Å². The number of carbonyl (C=O) groups is 1. The first-order valence-electron chi connectivity index (χ1n) is 18.4. The van der Waals surface area contributed by atoms with Crippen molar-refractivity contribution in [3.8, 4) is 5.75 Å². The smallest absolute Gasteiger partial charge is 0.186 e. The van der Waals surface area contributed by atoms with Crippen LogP contribution in [0.15, 0.2) is 35.9 Å². The number of rotatable bonds is 13. The van der Waals surface area contributed by atoms with E-state index < -0.39 is 8.32 Å². The van der Waals surface area contributed by atoms with Crippen LogP contribution >= 0.6 is 0 Å². The molecule has 44 heavy (non-hydrogen) atoms. The molecule has 3 fully saturated rings. The molecular weight excluding hydrogens is 557 g/mol. The lowest BCUT2D eigenvalue weighted by Gasteiger charge is -2.58. The van der Waals surface area contributed by atoms with Crippen molar-refractivity contribution < 1.29 is 14.0 Å². The fourth-order valence-corrected chi connectivity index (χ4v) is 11.9. The van der Waals surface area contributed by atoms with Crippen LogP contribution in [0.25, 0.3) is 0 Å². The second kappa shape index (κ2) is 13.8. The number of hydrogen-bond donors (Lipinski definition) is 0. The molecule has 8 atom stereocenters. The van der Waals surface area contributed by atoms with E-state index in [1.807, 2.05) is 31.4 Å². The molecule has 0 amide bonds. The summed E-state index contributed by atoms with van der Waals surface area (Å²) in [6.07, 6.45) is 18.0. The molecule has 4 aliphatic carbocycles. The SMILES string of the molecule is CO[Si](C)(C)CCCOc1ccc(C(=O)C2CC[C@@]3(C)C(=CCC4C5CCC(C(C)CCCC(C)C)[C@@]5(C)CCC43)C2)cc1. The number of carbonyl (C=O) groups excluding carboxylic acids is 1. The van der Waals surface area contributed by atoms with Gasteiger partial charge < -0.3 is 9.16 Å². The molecule has 5 rings (SSSR count). The largest absolute Gasteiger partial charge is 0.494 e. The van der Waals surface area contributed by atoms with Crippen molar-refractivity contribution in [3.05, 3.63) is 41.5 Å². The Morgan fingerprint density at radius 1 is 0.955 bits per heavy atom. The Hall–Kier alpha value is -1.39. The van der Waals surface area contributed by atoms with E-state index in [0.717, 1.165) is 72.1 Å². The molecule has 4 aliphatic rings. The zero-order chi connectivity index (χ0) is 31.7. The average molecular weight is 621 g/mol. The summed E-state index contributed by atoms with van der Waals surface area (Å²) in [6, 6.07) is 9.06. The zero-order valence-corrected chi connectivity index (χ0v) is 30.6. The summed E-state index contributed by atoms with van der Waals surface area (Å²) in [7, 11) is 0.283. The van der Waals surface area contributed by atoms with E-state index in [0.29, 0.717) is 23.2 Å². The van der Waals surface area contributed by atoms with Gasteiger partial charge in [0, 0.05) is 18.6 Å². The van der Waals surface area contributed by atoms with Crippen LogP contribution in [-0.2, 0) is 4.43 Å². The van der Waals surface area contributed by atoms with Gasteiger partial charge in [-0.15, -0.1) is 0 Å². The first-order chi connectivity index (χ1) is 20.9. The zero-order valence-electron chi connectivity index (χ0n) is 29.6. The summed E-state index contributed by atoms with van der Waals surface area (Å²) in [4.78, 5) is 13.7. The molecule has 246 valence electrons. The van der Waals surface area contributed by atoms with Gasteiger partial charge in [-0.1, -0.05) is 65.5 Å². The maximum atomic E-state index is 13.7. The molecule has 3 nitrogen and oxygen atoms in total. The number of ether oxygens (including phenoxy) is 1. The van der Waals surface area contributed by atoms with Crippen molar-refractivity contribution in [1.29, 1.82) is 0 Å². The molecule has 0 radical (unpaired) electrons. The van der Waals surface area contributed by atoms with Gasteiger partial charge in [0.15, 0.2) is 14.1 Å². The van der Waals surface area contributed by atoms with E-state index >= 15 is 0 Å². The predicted octanol–water partition coefficient (Wildman–Crippen LogP) is 11.1. The quantitative estimate of drug-likeness (QED) is 0.0952. The minimum Gasteiger partial charge on any atom is -0.494 e. The van der Waals surface area contributed by atoms with Gasteiger partial charge in [-0.2, -0.15) is 0 Å². The van der Waals surface area contributed by atoms with Crippen molar-refractivity contribution in [2.24, 2.45) is 52.3 Å². The lowest BCUT2D eigenvalue weighted by Crippen LogP contribution is -2.50. The summed E-state index contributed by atoms with van der Waals surface area (Å²) in [5.74, 6) is 6.45. The Balaban J connectivity index is 1.18. The minimum atomic E-state index is -1.54. The van der Waals surface area contributed by atoms with Gasteiger partial charge in [-0.25, -0.2) is 0 Å². The Morgan fingerprint density at radius 3 is 2.41 bits per heavy atom. The van der Waals surface area contributed by atoms with Crippen LogP contribution in [0.4, 0.5) is 0 Å². The van der Waals surface area contributed by atoms with Gasteiger partial charge >= 0.3 is 0 Å². The van der Waals surface area contributed by atoms with Crippen molar-refractivity contribution in [1.82, 2.24) is 0 Å². The maximum absolute atomic E-state index is 13.7. The molecule has 0 bridgehead atoms. The topological polar surface area (TPSA) is 35.5 Å². The fraction of sp³-hybridized carbons (Fsp3) is 0.775. The highest BCUT2D eigenvalue weighted by Gasteiger charge is 2.59. The van der Waals surface area contributed by atoms with Crippen LogP contribution < -0.4 is 4.74 Å². The monoisotopic (exact) mass is 620 g/mol. The minimum absolute atomic E-state index is 0.121. The summed E-state index contributed by atoms with van der Waals surface area (Å²) in [5, 5.41) is 0. The highest BCUT2D eigenvalue weighted by molar-refractivity contribution is 6.71. The first kappa shape index (κ1) is 34.0. The van der Waals surface area contributed by atoms with E-state index in [9.17, 15) is 4.79 Å². The highest BCUT2D eigenvalue weighted by atomic mass is 28.4. The van der Waals surface area contributed by atoms with Crippen LogP contribution in [0.3, 0.4) is 0 Å². The number of Topliss-reactive ketones (excluding diaryl/α,β-unsaturated/α-hetero) is 1. The van der Waals surface area contributed by atoms with Crippen molar-refractivity contribution >= 4 is 14.1 Å². The second-order valence-corrected chi connectivity index (χ2v) is 21.5. The molecule has 0 saturated heterocycles. The van der Waals surface area contributed by atoms with Crippen molar-refractivity contribution in [2.75, 3.05) is 13.7 Å². The maximum Gasteiger partial charge on any atom is 0.186 e. The number of ketones is 1. The third-order valence-corrected chi connectivity index (χ3v) is 16.2. The first-order valence-corrected chi connectivity index (χ1v) is 21.5. The summed E-state index contributed by atoms with van der Waals surface area (Å²) < 4.78 is 11.6. The van der Waals surface area contributed by atoms with E-state index in [1.54, 1.807) is 5.57 Å². The molecule has 0 heterocycles. The van der Waals surface area contributed by atoms with Gasteiger partial charge in [-0.05, 0) is 148 Å². The lowest BCUT2D eigenvalue weighted by atomic mass is 9.46. The van der Waals surface area contributed by atoms with Crippen LogP contribution in [0.1, 0.15) is 122 Å². The molecule has 3 saturated carbocycles. The van der Waals surface area contributed by atoms with E-state index in [4.69, 9.17) is 9.16 Å². The molecule has 0 N–H and O–H groups in total. The molecule has 0 aliphatic heterocycles. The third-order valence-electron chi connectivity index (χ3n) is 13.6. The predicted molar refractivity (Wildman–Crippen MR) is 187 cm³/mol. The number of allylic oxidation sites excluding steroid dienone is 2. The highest BCUT2D eigenvalue weighted by Crippen LogP contribution is 2.67. The summed E-state index contributed by atoms with van der Waals surface area (Å²) >= 11 is 0. The van der Waals surface area contributed by atoms with Gasteiger partial charge in [-0.3, -0.25) is 4.79 Å². The molecule has 6 unspecified atom stereocenters. The third kappa shape index (κ3) is 6.97. The molecular formula is C40H64O3Si. The number of benzene rings is 1. The number of hydrogen-bond acceptors (Lipinski definition) is 3.